The normalized spacial score (nSPS) is 19.0. The molecule has 157 valence electrons. The first-order chi connectivity index (χ1) is 13.4. The van der Waals surface area contributed by atoms with Crippen LogP contribution in [0, 0.1) is 13.0 Å². The number of nitrogens with one attached hydrogen (secondary N) is 1. The van der Waals surface area contributed by atoms with Crippen molar-refractivity contribution < 1.29 is 23.5 Å². The van der Waals surface area contributed by atoms with Gasteiger partial charge in [0.2, 0.25) is 0 Å². The first-order valence-corrected chi connectivity index (χ1v) is 11.7. The van der Waals surface area contributed by atoms with Crippen molar-refractivity contribution in [3.05, 3.63) is 27.6 Å². The van der Waals surface area contributed by atoms with Crippen LogP contribution in [-0.4, -0.2) is 43.5 Å². The van der Waals surface area contributed by atoms with Crippen LogP contribution in [0.25, 0.3) is 0 Å². The van der Waals surface area contributed by atoms with Crippen molar-refractivity contribution in [1.29, 1.82) is 0 Å². The van der Waals surface area contributed by atoms with Crippen LogP contribution in [0.5, 0.6) is 0 Å². The van der Waals surface area contributed by atoms with Gasteiger partial charge < -0.3 is 0 Å². The standard InChI is InChI=1S/C18H28N2O7P/c1-25-28(24,27-12-26-18(23)13-6-3-2-4-7-13)11-10-20-9-5-8-19-14-15(20)17(22)16(14)21/h13,19,24,28H,1-12H2. The molecule has 0 spiro atoms. The Morgan fingerprint density at radius 3 is 2.68 bits per heavy atom. The van der Waals surface area contributed by atoms with E-state index in [0.29, 0.717) is 24.5 Å². The van der Waals surface area contributed by atoms with Gasteiger partial charge in [0.1, 0.15) is 0 Å². The Labute approximate surface area is 164 Å². The van der Waals surface area contributed by atoms with Crippen LogP contribution in [0.1, 0.15) is 38.5 Å². The Hall–Kier alpha value is -1.54. The Balaban J connectivity index is 1.50. The monoisotopic (exact) mass is 415 g/mol. The van der Waals surface area contributed by atoms with Gasteiger partial charge in [0.15, 0.2) is 0 Å². The van der Waals surface area contributed by atoms with Crippen molar-refractivity contribution in [1.82, 2.24) is 0 Å². The summed E-state index contributed by atoms with van der Waals surface area (Å²) >= 11 is 0. The minimum absolute atomic E-state index is 0.0930. The number of nitrogens with zero attached hydrogens (tertiary/aromatic N) is 1. The molecule has 0 atom stereocenters. The summed E-state index contributed by atoms with van der Waals surface area (Å²) in [7, 11) is -0.391. The number of carbonyl (C=O) groups is 1. The van der Waals surface area contributed by atoms with Crippen molar-refractivity contribution in [2.45, 2.75) is 38.5 Å². The Kier molecular flexibility index (Phi) is 7.04. The van der Waals surface area contributed by atoms with Gasteiger partial charge >= 0.3 is 164 Å². The van der Waals surface area contributed by atoms with Gasteiger partial charge in [-0.3, -0.25) is 0 Å². The number of esters is 1. The van der Waals surface area contributed by atoms with Crippen LogP contribution in [-0.2, 0) is 18.6 Å². The van der Waals surface area contributed by atoms with Gasteiger partial charge in [-0.2, -0.15) is 0 Å². The zero-order valence-electron chi connectivity index (χ0n) is 15.9. The predicted molar refractivity (Wildman–Crippen MR) is 107 cm³/mol. The van der Waals surface area contributed by atoms with E-state index in [1.807, 2.05) is 0 Å². The molecule has 1 radical (unpaired) electrons. The van der Waals surface area contributed by atoms with Gasteiger partial charge in [0.25, 0.3) is 0 Å². The Morgan fingerprint density at radius 2 is 1.96 bits per heavy atom. The third kappa shape index (κ3) is 4.71. The number of rotatable bonds is 8. The van der Waals surface area contributed by atoms with E-state index in [4.69, 9.17) is 13.8 Å². The molecular weight excluding hydrogens is 387 g/mol. The fraction of sp³-hybridized carbons (Fsp3) is 0.667. The first kappa shape index (κ1) is 21.2. The zero-order valence-corrected chi connectivity index (χ0v) is 16.9. The summed E-state index contributed by atoms with van der Waals surface area (Å²) < 4.78 is 15.4. The second kappa shape index (κ2) is 9.31. The van der Waals surface area contributed by atoms with Gasteiger partial charge in [-0.1, -0.05) is 0 Å². The van der Waals surface area contributed by atoms with E-state index in [1.165, 1.54) is 0 Å². The molecule has 28 heavy (non-hydrogen) atoms. The maximum absolute atomic E-state index is 12.1. The van der Waals surface area contributed by atoms with E-state index in [2.05, 4.69) is 12.4 Å². The van der Waals surface area contributed by atoms with E-state index in [9.17, 15) is 19.3 Å². The first-order valence-electron chi connectivity index (χ1n) is 9.73. The SMILES string of the molecule is [CH2]O[PH](O)(CCN1CCCNc2c1c(=O)c2=O)OCOC(=O)C1CCCCC1. The second-order valence-corrected chi connectivity index (χ2v) is 9.82. The number of anilines is 2. The van der Waals surface area contributed by atoms with Crippen LogP contribution in [0.4, 0.5) is 11.4 Å². The summed E-state index contributed by atoms with van der Waals surface area (Å²) in [5, 5.41) is 2.96. The molecule has 1 aliphatic carbocycles. The van der Waals surface area contributed by atoms with Gasteiger partial charge in [-0.05, 0) is 0 Å². The van der Waals surface area contributed by atoms with E-state index in [-0.39, 0.29) is 31.4 Å². The minimum atomic E-state index is -3.68. The number of ether oxygens (including phenoxy) is 1. The summed E-state index contributed by atoms with van der Waals surface area (Å²) in [4.78, 5) is 47.9. The molecule has 10 heteroatoms. The molecule has 1 saturated carbocycles. The maximum atomic E-state index is 12.1. The molecule has 0 bridgehead atoms. The third-order valence-electron chi connectivity index (χ3n) is 5.46. The van der Waals surface area contributed by atoms with Gasteiger partial charge in [-0.25, -0.2) is 0 Å². The van der Waals surface area contributed by atoms with Crippen molar-refractivity contribution in [3.63, 3.8) is 0 Å². The molecule has 1 aromatic carbocycles. The molecule has 0 saturated heterocycles. The Morgan fingerprint density at radius 1 is 1.21 bits per heavy atom. The quantitative estimate of drug-likeness (QED) is 0.281. The third-order valence-corrected chi connectivity index (χ3v) is 7.33. The molecule has 1 fully saturated rings. The number of hydrogen-bond acceptors (Lipinski definition) is 9. The fourth-order valence-corrected chi connectivity index (χ4v) is 4.93. The van der Waals surface area contributed by atoms with Crippen molar-refractivity contribution in [2.24, 2.45) is 5.92 Å². The molecule has 0 unspecified atom stereocenters. The number of carbonyl (C=O) groups excluding carboxylic acids is 1. The van der Waals surface area contributed by atoms with Gasteiger partial charge in [0.05, 0.1) is 0 Å². The van der Waals surface area contributed by atoms with Crippen molar-refractivity contribution in [3.8, 4) is 0 Å². The van der Waals surface area contributed by atoms with Gasteiger partial charge in [0, 0.05) is 0 Å². The Bertz CT molecular complexity index is 758. The van der Waals surface area contributed by atoms with Crippen LogP contribution in [0.3, 0.4) is 0 Å². The summed E-state index contributed by atoms with van der Waals surface area (Å²) in [6.45, 7) is 1.06. The molecule has 0 aromatic heterocycles. The van der Waals surface area contributed by atoms with Crippen LogP contribution in [0.15, 0.2) is 9.59 Å². The number of hydrogen-bond donors (Lipinski definition) is 2. The molecule has 1 heterocycles. The summed E-state index contributed by atoms with van der Waals surface area (Å²) in [6, 6.07) is 0. The van der Waals surface area contributed by atoms with Crippen LogP contribution < -0.4 is 21.1 Å². The summed E-state index contributed by atoms with van der Waals surface area (Å²) in [5.41, 5.74) is -0.335. The van der Waals surface area contributed by atoms with Crippen molar-refractivity contribution >= 4 is 25.3 Å². The van der Waals surface area contributed by atoms with Crippen molar-refractivity contribution in [2.75, 3.05) is 42.8 Å². The van der Waals surface area contributed by atoms with Crippen LogP contribution in [0.2, 0.25) is 0 Å². The van der Waals surface area contributed by atoms with E-state index < -0.39 is 18.8 Å². The van der Waals surface area contributed by atoms with Crippen LogP contribution >= 0.6 is 7.94 Å². The number of fused-ring (bicyclic) bond motifs is 1. The average molecular weight is 415 g/mol. The zero-order chi connectivity index (χ0) is 20.1. The predicted octanol–water partition coefficient (Wildman–Crippen LogP) is 1.30. The average Bonchev–Trinajstić information content (AvgIpc) is 2.92. The van der Waals surface area contributed by atoms with E-state index in [1.54, 1.807) is 4.90 Å². The van der Waals surface area contributed by atoms with E-state index >= 15 is 0 Å². The fourth-order valence-electron chi connectivity index (χ4n) is 3.76. The second-order valence-electron chi connectivity index (χ2n) is 7.32. The molecule has 1 aromatic rings. The molecule has 3 rings (SSSR count). The molecule has 2 aliphatic rings. The molecule has 1 aliphatic heterocycles. The summed E-state index contributed by atoms with van der Waals surface area (Å²) in [5.74, 6) is -0.419. The molecule has 9 nitrogen and oxygen atoms in total. The molecule has 0 amide bonds. The molecule has 2 N–H and O–H groups in total. The topological polar surface area (TPSA) is 114 Å². The van der Waals surface area contributed by atoms with E-state index in [0.717, 1.165) is 38.5 Å². The van der Waals surface area contributed by atoms with Gasteiger partial charge in [-0.15, -0.1) is 0 Å². The summed E-state index contributed by atoms with van der Waals surface area (Å²) in [6.07, 6.45) is 5.66. The molecular formula is C18H28N2O7P.